The molecule has 0 aliphatic heterocycles. The lowest BCUT2D eigenvalue weighted by Crippen LogP contribution is -2.04. The van der Waals surface area contributed by atoms with Gasteiger partial charge >= 0.3 is 0 Å². The van der Waals surface area contributed by atoms with Crippen molar-refractivity contribution in [3.63, 3.8) is 0 Å². The lowest BCUT2D eigenvalue weighted by molar-refractivity contribution is 0.300. The maximum absolute atomic E-state index is 9.30. The molecule has 0 spiro atoms. The molecule has 0 aliphatic carbocycles. The van der Waals surface area contributed by atoms with E-state index in [1.807, 2.05) is 38.4 Å². The van der Waals surface area contributed by atoms with Gasteiger partial charge < -0.3 is 27.2 Å². The summed E-state index contributed by atoms with van der Waals surface area (Å²) >= 11 is 0. The number of nitrogen functional groups attached to an aromatic ring is 2. The Kier molecular flexibility index (Phi) is 4.55. The third-order valence-corrected chi connectivity index (χ3v) is 3.54. The van der Waals surface area contributed by atoms with Gasteiger partial charge in [-0.2, -0.15) is 0 Å². The van der Waals surface area contributed by atoms with E-state index >= 15 is 0 Å². The van der Waals surface area contributed by atoms with Crippen LogP contribution >= 0.6 is 0 Å². The van der Waals surface area contributed by atoms with Gasteiger partial charge in [-0.15, -0.1) is 0 Å². The van der Waals surface area contributed by atoms with E-state index in [0.717, 1.165) is 28.1 Å². The first-order chi connectivity index (χ1) is 10.1. The Hall–Kier alpha value is -2.40. The Morgan fingerprint density at radius 1 is 1.00 bits per heavy atom. The van der Waals surface area contributed by atoms with Crippen molar-refractivity contribution in [2.45, 2.75) is 6.42 Å². The van der Waals surface area contributed by atoms with Crippen LogP contribution in [-0.4, -0.2) is 25.8 Å². The lowest BCUT2D eigenvalue weighted by atomic mass is 9.94. The highest BCUT2D eigenvalue weighted by Crippen LogP contribution is 2.36. The molecule has 0 heterocycles. The molecule has 0 aliphatic rings. The molecule has 0 fully saturated rings. The van der Waals surface area contributed by atoms with Crippen LogP contribution in [0.5, 0.6) is 0 Å². The molecular weight excluding hydrogens is 264 g/mol. The second-order valence-electron chi connectivity index (χ2n) is 4.87. The second kappa shape index (κ2) is 6.37. The minimum Gasteiger partial charge on any atom is -0.399 e. The zero-order valence-electron chi connectivity index (χ0n) is 12.4. The van der Waals surface area contributed by atoms with Crippen molar-refractivity contribution >= 4 is 22.7 Å². The van der Waals surface area contributed by atoms with E-state index in [1.165, 1.54) is 0 Å². The summed E-state index contributed by atoms with van der Waals surface area (Å²) in [5.74, 6) is 0. The van der Waals surface area contributed by atoms with Crippen molar-refractivity contribution in [3.05, 3.63) is 35.9 Å². The summed E-state index contributed by atoms with van der Waals surface area (Å²) in [4.78, 5) is 0. The molecule has 0 amide bonds. The van der Waals surface area contributed by atoms with E-state index in [2.05, 4.69) is 10.6 Å². The van der Waals surface area contributed by atoms with Crippen molar-refractivity contribution in [3.8, 4) is 11.1 Å². The molecule has 5 heteroatoms. The smallest absolute Gasteiger partial charge is 0.0472 e. The molecule has 0 bridgehead atoms. The molecule has 0 unspecified atom stereocenters. The lowest BCUT2D eigenvalue weighted by Gasteiger charge is -2.17. The van der Waals surface area contributed by atoms with Gasteiger partial charge in [-0.1, -0.05) is 0 Å². The standard InChI is InChI=1S/C16H22N4O/c1-19-11-3-4-16(20-2)14(9-11)13-7-10(17)8-15(18)12(13)5-6-21/h3-4,7-9,19-21H,5-6,17-18H2,1-2H3. The van der Waals surface area contributed by atoms with E-state index in [-0.39, 0.29) is 6.61 Å². The summed E-state index contributed by atoms with van der Waals surface area (Å²) in [5, 5.41) is 15.6. The maximum atomic E-state index is 9.30. The monoisotopic (exact) mass is 286 g/mol. The molecule has 2 aromatic rings. The van der Waals surface area contributed by atoms with E-state index in [0.29, 0.717) is 17.8 Å². The Morgan fingerprint density at radius 2 is 1.76 bits per heavy atom. The van der Waals surface area contributed by atoms with E-state index < -0.39 is 0 Å². The quantitative estimate of drug-likeness (QED) is 0.543. The van der Waals surface area contributed by atoms with Crippen LogP contribution in [0, 0.1) is 0 Å². The largest absolute Gasteiger partial charge is 0.399 e. The highest BCUT2D eigenvalue weighted by molar-refractivity contribution is 5.87. The van der Waals surface area contributed by atoms with Gasteiger partial charge in [-0.05, 0) is 47.9 Å². The number of nitrogens with two attached hydrogens (primary N) is 2. The number of hydrogen-bond donors (Lipinski definition) is 5. The first-order valence-corrected chi connectivity index (χ1v) is 6.89. The van der Waals surface area contributed by atoms with Crippen LogP contribution in [0.3, 0.4) is 0 Å². The summed E-state index contributed by atoms with van der Waals surface area (Å²) < 4.78 is 0. The van der Waals surface area contributed by atoms with E-state index in [4.69, 9.17) is 11.5 Å². The normalized spacial score (nSPS) is 10.4. The van der Waals surface area contributed by atoms with Gasteiger partial charge in [0.15, 0.2) is 0 Å². The highest BCUT2D eigenvalue weighted by Gasteiger charge is 2.13. The first-order valence-electron chi connectivity index (χ1n) is 6.89. The minimum absolute atomic E-state index is 0.0434. The van der Waals surface area contributed by atoms with Crippen LogP contribution in [0.4, 0.5) is 22.7 Å². The number of anilines is 4. The first kappa shape index (κ1) is 15.0. The number of nitrogens with one attached hydrogen (secondary N) is 2. The summed E-state index contributed by atoms with van der Waals surface area (Å²) in [6.45, 7) is 0.0434. The van der Waals surface area contributed by atoms with Gasteiger partial charge in [0.05, 0.1) is 0 Å². The highest BCUT2D eigenvalue weighted by atomic mass is 16.2. The Labute approximate surface area is 125 Å². The Balaban J connectivity index is 2.70. The van der Waals surface area contributed by atoms with Crippen molar-refractivity contribution < 1.29 is 5.11 Å². The molecule has 2 rings (SSSR count). The van der Waals surface area contributed by atoms with Crippen molar-refractivity contribution in [2.24, 2.45) is 0 Å². The number of aliphatic hydroxyl groups excluding tert-OH is 1. The van der Waals surface area contributed by atoms with Gasteiger partial charge in [-0.25, -0.2) is 0 Å². The van der Waals surface area contributed by atoms with Gasteiger partial charge in [0.25, 0.3) is 0 Å². The third kappa shape index (κ3) is 3.03. The van der Waals surface area contributed by atoms with E-state index in [1.54, 1.807) is 6.07 Å². The molecule has 0 saturated carbocycles. The molecule has 0 saturated heterocycles. The number of benzene rings is 2. The summed E-state index contributed by atoms with van der Waals surface area (Å²) in [6.07, 6.45) is 0.494. The van der Waals surface area contributed by atoms with Gasteiger partial charge in [0.2, 0.25) is 0 Å². The molecule has 0 radical (unpaired) electrons. The van der Waals surface area contributed by atoms with Crippen LogP contribution < -0.4 is 22.1 Å². The van der Waals surface area contributed by atoms with Gasteiger partial charge in [-0.3, -0.25) is 0 Å². The number of rotatable bonds is 5. The second-order valence-corrected chi connectivity index (χ2v) is 4.87. The SMILES string of the molecule is CNc1ccc(NC)c(-c2cc(N)cc(N)c2CCO)c1. The predicted octanol–water partition coefficient (Wildman–Crippen LogP) is 2.14. The molecular formula is C16H22N4O. The van der Waals surface area contributed by atoms with Crippen molar-refractivity contribution in [1.82, 2.24) is 0 Å². The number of hydrogen-bond acceptors (Lipinski definition) is 5. The maximum Gasteiger partial charge on any atom is 0.0472 e. The summed E-state index contributed by atoms with van der Waals surface area (Å²) in [5.41, 5.74) is 18.1. The van der Waals surface area contributed by atoms with Crippen LogP contribution in [0.1, 0.15) is 5.56 Å². The molecule has 0 atom stereocenters. The summed E-state index contributed by atoms with van der Waals surface area (Å²) in [7, 11) is 3.75. The predicted molar refractivity (Wildman–Crippen MR) is 90.6 cm³/mol. The molecule has 21 heavy (non-hydrogen) atoms. The third-order valence-electron chi connectivity index (χ3n) is 3.54. The molecule has 7 N–H and O–H groups in total. The molecule has 0 aromatic heterocycles. The molecule has 5 nitrogen and oxygen atoms in total. The average molecular weight is 286 g/mol. The van der Waals surface area contributed by atoms with Crippen LogP contribution in [0.2, 0.25) is 0 Å². The Bertz CT molecular complexity index is 640. The average Bonchev–Trinajstić information content (AvgIpc) is 2.49. The zero-order chi connectivity index (χ0) is 15.4. The molecule has 112 valence electrons. The molecule has 2 aromatic carbocycles. The van der Waals surface area contributed by atoms with Gasteiger partial charge in [0.1, 0.15) is 0 Å². The summed E-state index contributed by atoms with van der Waals surface area (Å²) in [6, 6.07) is 9.67. The minimum atomic E-state index is 0.0434. The van der Waals surface area contributed by atoms with Crippen LogP contribution in [0.25, 0.3) is 11.1 Å². The fraction of sp³-hybridized carbons (Fsp3) is 0.250. The van der Waals surface area contributed by atoms with Crippen molar-refractivity contribution in [1.29, 1.82) is 0 Å². The van der Waals surface area contributed by atoms with Gasteiger partial charge in [0, 0.05) is 49.0 Å². The van der Waals surface area contributed by atoms with Crippen molar-refractivity contribution in [2.75, 3.05) is 42.8 Å². The Morgan fingerprint density at radius 3 is 2.38 bits per heavy atom. The fourth-order valence-corrected chi connectivity index (χ4v) is 2.49. The van der Waals surface area contributed by atoms with Crippen LogP contribution in [0.15, 0.2) is 30.3 Å². The van der Waals surface area contributed by atoms with Crippen LogP contribution in [-0.2, 0) is 6.42 Å². The fourth-order valence-electron chi connectivity index (χ4n) is 2.49. The van der Waals surface area contributed by atoms with E-state index in [9.17, 15) is 5.11 Å². The zero-order valence-corrected chi connectivity index (χ0v) is 12.4. The number of aliphatic hydroxyl groups is 1. The topological polar surface area (TPSA) is 96.3 Å².